The number of sulfonamides is 1. The van der Waals surface area contributed by atoms with Crippen LogP contribution in [0.15, 0.2) is 38.2 Å². The maximum absolute atomic E-state index is 13.3. The molecule has 0 unspecified atom stereocenters. The van der Waals surface area contributed by atoms with Gasteiger partial charge in [0.15, 0.2) is 5.15 Å². The number of hydrogen-bond acceptors (Lipinski definition) is 4. The van der Waals surface area contributed by atoms with E-state index in [9.17, 15) is 12.8 Å². The van der Waals surface area contributed by atoms with E-state index >= 15 is 0 Å². The van der Waals surface area contributed by atoms with Crippen LogP contribution in [0.25, 0.3) is 0 Å². The van der Waals surface area contributed by atoms with Crippen molar-refractivity contribution in [2.75, 3.05) is 10.5 Å². The molecule has 1 aromatic heterocycles. The van der Waals surface area contributed by atoms with E-state index in [0.29, 0.717) is 4.47 Å². The van der Waals surface area contributed by atoms with Crippen LogP contribution < -0.4 is 10.5 Å². The number of rotatable bonds is 3. The largest absolute Gasteiger partial charge is 0.398 e. The first-order valence-corrected chi connectivity index (χ1v) is 8.74. The molecule has 0 radical (unpaired) electrons. The first-order valence-electron chi connectivity index (χ1n) is 5.29. The lowest BCUT2D eigenvalue weighted by atomic mass is 10.3. The molecule has 1 heterocycles. The molecular formula is C11H7Br2ClFN3O2S. The number of nitrogens with one attached hydrogen (secondary N) is 1. The van der Waals surface area contributed by atoms with Crippen molar-refractivity contribution in [3.63, 3.8) is 0 Å². The molecule has 0 aliphatic carbocycles. The Labute approximate surface area is 142 Å². The van der Waals surface area contributed by atoms with Gasteiger partial charge in [0.25, 0.3) is 10.0 Å². The zero-order valence-corrected chi connectivity index (χ0v) is 14.8. The standard InChI is InChI=1S/C11H7Br2ClFN3O2S/c12-5-1-9(11(14)17-4-5)18-21(19,20)10-2-6(13)7(15)3-8(10)16/h1-4,18H,16H2. The minimum atomic E-state index is -4.04. The Bertz CT molecular complexity index is 817. The van der Waals surface area contributed by atoms with E-state index in [1.165, 1.54) is 12.3 Å². The number of anilines is 2. The van der Waals surface area contributed by atoms with Crippen molar-refractivity contribution in [3.05, 3.63) is 44.3 Å². The van der Waals surface area contributed by atoms with Crippen molar-refractivity contribution in [1.82, 2.24) is 4.98 Å². The summed E-state index contributed by atoms with van der Waals surface area (Å²) in [6.45, 7) is 0. The number of nitrogens with zero attached hydrogens (tertiary/aromatic N) is 1. The number of aromatic nitrogens is 1. The van der Waals surface area contributed by atoms with Crippen molar-refractivity contribution in [2.24, 2.45) is 0 Å². The summed E-state index contributed by atoms with van der Waals surface area (Å²) in [7, 11) is -4.04. The third-order valence-electron chi connectivity index (χ3n) is 2.39. The number of benzene rings is 1. The van der Waals surface area contributed by atoms with Gasteiger partial charge in [0.1, 0.15) is 10.7 Å². The van der Waals surface area contributed by atoms with Crippen molar-refractivity contribution < 1.29 is 12.8 Å². The van der Waals surface area contributed by atoms with Crippen molar-refractivity contribution in [3.8, 4) is 0 Å². The summed E-state index contributed by atoms with van der Waals surface area (Å²) in [6, 6.07) is 3.44. The average molecular weight is 460 g/mol. The second-order valence-electron chi connectivity index (χ2n) is 3.90. The molecule has 0 saturated heterocycles. The summed E-state index contributed by atoms with van der Waals surface area (Å²) in [5.74, 6) is -0.659. The predicted octanol–water partition coefficient (Wildman–Crippen LogP) is 3.78. The molecule has 0 saturated carbocycles. The van der Waals surface area contributed by atoms with E-state index in [1.807, 2.05) is 0 Å². The van der Waals surface area contributed by atoms with Gasteiger partial charge in [-0.3, -0.25) is 4.72 Å². The van der Waals surface area contributed by atoms with Crippen LogP contribution in [0.3, 0.4) is 0 Å². The quantitative estimate of drug-likeness (QED) is 0.540. The zero-order chi connectivity index (χ0) is 15.8. The summed E-state index contributed by atoms with van der Waals surface area (Å²) >= 11 is 11.9. The van der Waals surface area contributed by atoms with Gasteiger partial charge in [0, 0.05) is 10.7 Å². The molecule has 3 N–H and O–H groups in total. The van der Waals surface area contributed by atoms with E-state index in [1.54, 1.807) is 0 Å². The topological polar surface area (TPSA) is 85.1 Å². The van der Waals surface area contributed by atoms with Gasteiger partial charge in [-0.2, -0.15) is 0 Å². The highest BCUT2D eigenvalue weighted by Crippen LogP contribution is 2.30. The van der Waals surface area contributed by atoms with E-state index in [4.69, 9.17) is 17.3 Å². The fourth-order valence-corrected chi connectivity index (χ4v) is 3.70. The molecule has 0 aliphatic heterocycles. The van der Waals surface area contributed by atoms with Crippen LogP contribution in [0.1, 0.15) is 0 Å². The number of pyridine rings is 1. The van der Waals surface area contributed by atoms with E-state index < -0.39 is 15.8 Å². The Hall–Kier alpha value is -0.900. The fourth-order valence-electron chi connectivity index (χ4n) is 1.47. The van der Waals surface area contributed by atoms with Gasteiger partial charge in [-0.1, -0.05) is 11.6 Å². The molecule has 0 spiro atoms. The van der Waals surface area contributed by atoms with Crippen LogP contribution in [-0.2, 0) is 10.0 Å². The molecule has 0 amide bonds. The smallest absolute Gasteiger partial charge is 0.264 e. The lowest BCUT2D eigenvalue weighted by Gasteiger charge is -2.12. The number of halogens is 4. The summed E-state index contributed by atoms with van der Waals surface area (Å²) in [5.41, 5.74) is 5.41. The monoisotopic (exact) mass is 457 g/mol. The Morgan fingerprint density at radius 3 is 2.62 bits per heavy atom. The van der Waals surface area contributed by atoms with Gasteiger partial charge in [-0.05, 0) is 50.1 Å². The van der Waals surface area contributed by atoms with Crippen LogP contribution in [0, 0.1) is 5.82 Å². The molecule has 112 valence electrons. The Kier molecular flexibility index (Phi) is 4.76. The van der Waals surface area contributed by atoms with Gasteiger partial charge in [-0.15, -0.1) is 0 Å². The third kappa shape index (κ3) is 3.65. The highest BCUT2D eigenvalue weighted by Gasteiger charge is 2.21. The second kappa shape index (κ2) is 6.07. The maximum atomic E-state index is 13.3. The van der Waals surface area contributed by atoms with Crippen molar-refractivity contribution in [1.29, 1.82) is 0 Å². The molecule has 0 bridgehead atoms. The fraction of sp³-hybridized carbons (Fsp3) is 0. The Balaban J connectivity index is 2.48. The molecule has 2 rings (SSSR count). The van der Waals surface area contributed by atoms with Crippen LogP contribution in [-0.4, -0.2) is 13.4 Å². The number of nitrogens with two attached hydrogens (primary N) is 1. The minimum Gasteiger partial charge on any atom is -0.398 e. The summed E-state index contributed by atoms with van der Waals surface area (Å²) < 4.78 is 40.7. The van der Waals surface area contributed by atoms with E-state index in [-0.39, 0.29) is 25.9 Å². The van der Waals surface area contributed by atoms with Crippen LogP contribution in [0.4, 0.5) is 15.8 Å². The molecule has 0 aliphatic rings. The lowest BCUT2D eigenvalue weighted by Crippen LogP contribution is -2.15. The molecule has 2 aromatic rings. The highest BCUT2D eigenvalue weighted by atomic mass is 79.9. The maximum Gasteiger partial charge on any atom is 0.264 e. The van der Waals surface area contributed by atoms with Gasteiger partial charge >= 0.3 is 0 Å². The van der Waals surface area contributed by atoms with Gasteiger partial charge in [0.05, 0.1) is 15.8 Å². The molecule has 0 fully saturated rings. The molecular weight excluding hydrogens is 452 g/mol. The Morgan fingerprint density at radius 1 is 1.29 bits per heavy atom. The van der Waals surface area contributed by atoms with Gasteiger partial charge in [-0.25, -0.2) is 17.8 Å². The third-order valence-corrected chi connectivity index (χ3v) is 5.16. The Morgan fingerprint density at radius 2 is 1.95 bits per heavy atom. The molecule has 5 nitrogen and oxygen atoms in total. The highest BCUT2D eigenvalue weighted by molar-refractivity contribution is 9.10. The normalized spacial score (nSPS) is 11.4. The predicted molar refractivity (Wildman–Crippen MR) is 86.3 cm³/mol. The number of hydrogen-bond donors (Lipinski definition) is 2. The molecule has 0 atom stereocenters. The number of nitrogen functional groups attached to an aromatic ring is 1. The van der Waals surface area contributed by atoms with Crippen LogP contribution in [0.5, 0.6) is 0 Å². The van der Waals surface area contributed by atoms with Crippen LogP contribution in [0.2, 0.25) is 5.15 Å². The second-order valence-corrected chi connectivity index (χ2v) is 7.68. The first-order chi connectivity index (χ1) is 9.70. The first kappa shape index (κ1) is 16.5. The summed E-state index contributed by atoms with van der Waals surface area (Å²) in [4.78, 5) is 3.53. The zero-order valence-electron chi connectivity index (χ0n) is 10.1. The SMILES string of the molecule is Nc1cc(F)c(Br)cc1S(=O)(=O)Nc1cc(Br)cnc1Cl. The van der Waals surface area contributed by atoms with Gasteiger partial charge < -0.3 is 5.73 Å². The lowest BCUT2D eigenvalue weighted by molar-refractivity contribution is 0.599. The van der Waals surface area contributed by atoms with Crippen LogP contribution >= 0.6 is 43.5 Å². The molecule has 21 heavy (non-hydrogen) atoms. The van der Waals surface area contributed by atoms with E-state index in [0.717, 1.165) is 12.1 Å². The van der Waals surface area contributed by atoms with Gasteiger partial charge in [0.2, 0.25) is 0 Å². The van der Waals surface area contributed by atoms with E-state index in [2.05, 4.69) is 41.6 Å². The average Bonchev–Trinajstić information content (AvgIpc) is 2.37. The van der Waals surface area contributed by atoms with Crippen molar-refractivity contribution in [2.45, 2.75) is 4.90 Å². The summed E-state index contributed by atoms with van der Waals surface area (Å²) in [5, 5.41) is -0.0264. The minimum absolute atomic E-state index is 0.0180. The molecule has 1 aromatic carbocycles. The summed E-state index contributed by atoms with van der Waals surface area (Å²) in [6.07, 6.45) is 1.42. The van der Waals surface area contributed by atoms with Crippen molar-refractivity contribution >= 4 is 64.9 Å². The molecule has 10 heteroatoms.